The third-order valence-electron chi connectivity index (χ3n) is 7.77. The smallest absolute Gasteiger partial charge is 0.416 e. The number of halogens is 3. The third-order valence-corrected chi connectivity index (χ3v) is 9.61. The van der Waals surface area contributed by atoms with Crippen molar-refractivity contribution in [1.29, 1.82) is 0 Å². The fourth-order valence-corrected chi connectivity index (χ4v) is 6.86. The molecule has 2 N–H and O–H groups in total. The van der Waals surface area contributed by atoms with E-state index in [0.29, 0.717) is 27.9 Å². The van der Waals surface area contributed by atoms with E-state index in [0.717, 1.165) is 27.5 Å². The summed E-state index contributed by atoms with van der Waals surface area (Å²) < 4.78 is 69.2. The minimum absolute atomic E-state index is 0.0941. The minimum atomic E-state index is -4.51. The van der Waals surface area contributed by atoms with Gasteiger partial charge in [-0.25, -0.2) is 8.42 Å². The zero-order valence-corrected chi connectivity index (χ0v) is 28.1. The number of alkyl halides is 3. The molecule has 0 aliphatic carbocycles. The van der Waals surface area contributed by atoms with Crippen LogP contribution in [0.25, 0.3) is 11.1 Å². The van der Waals surface area contributed by atoms with E-state index in [4.69, 9.17) is 5.11 Å². The Morgan fingerprint density at radius 1 is 0.898 bits per heavy atom. The molecule has 0 aromatic heterocycles. The van der Waals surface area contributed by atoms with Crippen molar-refractivity contribution < 1.29 is 45.9 Å². The number of carbonyl (C=O) groups is 2. The van der Waals surface area contributed by atoms with Crippen LogP contribution in [0.5, 0.6) is 0 Å². The molecule has 1 aliphatic heterocycles. The van der Waals surface area contributed by atoms with E-state index in [1.807, 2.05) is 0 Å². The Labute approximate surface area is 283 Å². The first-order valence-electron chi connectivity index (χ1n) is 15.4. The lowest BCUT2D eigenvalue weighted by atomic mass is 10.0. The van der Waals surface area contributed by atoms with Gasteiger partial charge >= 0.3 is 6.18 Å². The predicted molar refractivity (Wildman–Crippen MR) is 177 cm³/mol. The second kappa shape index (κ2) is 15.2. The molecule has 0 fully saturated rings. The van der Waals surface area contributed by atoms with Gasteiger partial charge in [0.2, 0.25) is 5.91 Å². The third kappa shape index (κ3) is 9.68. The summed E-state index contributed by atoms with van der Waals surface area (Å²) in [5.41, 5.74) is 2.16. The van der Waals surface area contributed by atoms with E-state index in [2.05, 4.69) is 26.5 Å². The molecule has 49 heavy (non-hydrogen) atoms. The number of aliphatic hydroxyl groups is 1. The van der Waals surface area contributed by atoms with Crippen molar-refractivity contribution in [1.82, 2.24) is 5.32 Å². The zero-order valence-electron chi connectivity index (χ0n) is 27.3. The summed E-state index contributed by atoms with van der Waals surface area (Å²) in [5, 5.41) is 21.9. The first-order valence-corrected chi connectivity index (χ1v) is 16.8. The van der Waals surface area contributed by atoms with E-state index in [9.17, 15) is 36.3 Å². The van der Waals surface area contributed by atoms with Gasteiger partial charge in [0.05, 0.1) is 43.9 Å². The molecule has 1 atom stereocenters. The number of sulfonamides is 1. The highest BCUT2D eigenvalue weighted by Crippen LogP contribution is 2.38. The molecule has 0 unspecified atom stereocenters. The number of amides is 1. The minimum Gasteiger partial charge on any atom is -0.550 e. The quantitative estimate of drug-likeness (QED) is 0.243. The highest BCUT2D eigenvalue weighted by Gasteiger charge is 2.42. The number of para-hydroxylation sites is 1. The van der Waals surface area contributed by atoms with Crippen molar-refractivity contribution in [3.05, 3.63) is 119 Å². The maximum absolute atomic E-state index is 13.9. The molecule has 13 heteroatoms. The van der Waals surface area contributed by atoms with E-state index in [1.54, 1.807) is 48.5 Å². The van der Waals surface area contributed by atoms with Gasteiger partial charge in [-0.2, -0.15) is 13.2 Å². The Kier molecular flexibility index (Phi) is 11.5. The lowest BCUT2D eigenvalue weighted by Gasteiger charge is -2.26. The van der Waals surface area contributed by atoms with Gasteiger partial charge in [0, 0.05) is 25.4 Å². The average molecular weight is 698 g/mol. The number of benzene rings is 4. The Hall–Kier alpha value is -4.72. The zero-order chi connectivity index (χ0) is 36.0. The van der Waals surface area contributed by atoms with Gasteiger partial charge in [0.15, 0.2) is 0 Å². The number of carboxylic acid groups (broad SMARTS) is 1. The summed E-state index contributed by atoms with van der Waals surface area (Å²) in [5.74, 6) is -1.72. The summed E-state index contributed by atoms with van der Waals surface area (Å²) in [4.78, 5) is 24.0. The van der Waals surface area contributed by atoms with Crippen molar-refractivity contribution in [2.24, 2.45) is 0 Å². The van der Waals surface area contributed by atoms with Gasteiger partial charge in [-0.3, -0.25) is 9.10 Å². The van der Waals surface area contributed by atoms with Gasteiger partial charge in [0.1, 0.15) is 12.6 Å². The highest BCUT2D eigenvalue weighted by atomic mass is 32.2. The maximum Gasteiger partial charge on any atom is 0.416 e. The Morgan fingerprint density at radius 3 is 2.10 bits per heavy atom. The van der Waals surface area contributed by atoms with Gasteiger partial charge in [-0.15, -0.1) is 0 Å². The van der Waals surface area contributed by atoms with E-state index in [-0.39, 0.29) is 36.5 Å². The second-order valence-corrected chi connectivity index (χ2v) is 14.4. The lowest BCUT2D eigenvalue weighted by Crippen LogP contribution is -2.47. The predicted octanol–water partition coefficient (Wildman–Crippen LogP) is 3.79. The van der Waals surface area contributed by atoms with Crippen molar-refractivity contribution in [3.63, 3.8) is 0 Å². The van der Waals surface area contributed by atoms with Gasteiger partial charge < -0.3 is 24.8 Å². The van der Waals surface area contributed by atoms with Crippen molar-refractivity contribution in [2.75, 3.05) is 38.6 Å². The fraction of sp³-hybridized carbons (Fsp3) is 0.278. The number of anilines is 1. The van der Waals surface area contributed by atoms with Crippen LogP contribution in [0.2, 0.25) is 0 Å². The molecule has 5 rings (SSSR count). The van der Waals surface area contributed by atoms with E-state index < -0.39 is 39.7 Å². The van der Waals surface area contributed by atoms with Crippen LogP contribution in [0.15, 0.2) is 102 Å². The van der Waals surface area contributed by atoms with Crippen LogP contribution >= 0.6 is 0 Å². The standard InChI is InChI=1S/C31H25F3N2O5S.C5H14NO/c32-31(33,34)25-6-3-5-23(17-25)22-12-14-26(15-13-22)42(40,41)36-27-7-2-1-4-24(27)18-28(36)30(39)35-19-21-10-8-20(9-11-21)16-29(37)38;1-6(2,3)4-5-7/h1-15,17,28H,16,18-19H2,(H,35,39)(H,37,38);7H,4-5H2,1-3H3/q;+1/p-1/t28-;/m0./s1. The SMILES string of the molecule is C[N+](C)(C)CCO.O=C([O-])Cc1ccc(CNC(=O)[C@@H]2Cc3ccccc3N2S(=O)(=O)c2ccc(-c3cccc(C(F)(F)F)c3)cc2)cc1. The van der Waals surface area contributed by atoms with Crippen LogP contribution in [-0.4, -0.2) is 70.2 Å². The summed E-state index contributed by atoms with van der Waals surface area (Å²) >= 11 is 0. The first-order chi connectivity index (χ1) is 23.0. The number of aliphatic hydroxyl groups excluding tert-OH is 1. The number of carboxylic acids is 1. The summed E-state index contributed by atoms with van der Waals surface area (Å²) in [6.45, 7) is 1.21. The summed E-state index contributed by atoms with van der Waals surface area (Å²) in [6, 6.07) is 22.5. The molecule has 260 valence electrons. The Balaban J connectivity index is 0.000000698. The fourth-order valence-electron chi connectivity index (χ4n) is 5.21. The topological polar surface area (TPSA) is 127 Å². The van der Waals surface area contributed by atoms with Gasteiger partial charge in [0.25, 0.3) is 10.0 Å². The largest absolute Gasteiger partial charge is 0.550 e. The molecule has 9 nitrogen and oxygen atoms in total. The number of carbonyl (C=O) groups excluding carboxylic acids is 2. The molecule has 4 aromatic carbocycles. The maximum atomic E-state index is 13.9. The van der Waals surface area contributed by atoms with Crippen LogP contribution in [0.3, 0.4) is 0 Å². The highest BCUT2D eigenvalue weighted by molar-refractivity contribution is 7.93. The van der Waals surface area contributed by atoms with Crippen LogP contribution in [-0.2, 0) is 45.2 Å². The van der Waals surface area contributed by atoms with Crippen molar-refractivity contribution in [3.8, 4) is 11.1 Å². The van der Waals surface area contributed by atoms with E-state index >= 15 is 0 Å². The Bertz CT molecular complexity index is 1870. The molecule has 1 amide bonds. The molecule has 0 saturated heterocycles. The number of nitrogens with zero attached hydrogens (tertiary/aromatic N) is 2. The summed E-state index contributed by atoms with van der Waals surface area (Å²) in [7, 11) is 1.91. The average Bonchev–Trinajstić information content (AvgIpc) is 3.44. The molecular weight excluding hydrogens is 659 g/mol. The Morgan fingerprint density at radius 2 is 1.53 bits per heavy atom. The number of quaternary nitrogens is 1. The number of nitrogens with one attached hydrogen (secondary N) is 1. The molecule has 0 spiro atoms. The number of likely N-dealkylation sites (N-methyl/N-ethyl adjacent to an activating group) is 1. The second-order valence-electron chi connectivity index (χ2n) is 12.6. The molecule has 0 saturated carbocycles. The first kappa shape index (κ1) is 37.1. The number of fused-ring (bicyclic) bond motifs is 1. The van der Waals surface area contributed by atoms with Crippen LogP contribution in [0, 0.1) is 0 Å². The molecule has 0 radical (unpaired) electrons. The number of hydrogen-bond acceptors (Lipinski definition) is 6. The molecular formula is C36H38F3N3O6S. The van der Waals surface area contributed by atoms with Crippen LogP contribution < -0.4 is 14.7 Å². The van der Waals surface area contributed by atoms with Crippen LogP contribution in [0.1, 0.15) is 22.3 Å². The number of rotatable bonds is 10. The van der Waals surface area contributed by atoms with Gasteiger partial charge in [-0.1, -0.05) is 66.7 Å². The van der Waals surface area contributed by atoms with E-state index in [1.165, 1.54) is 36.4 Å². The molecule has 1 aliphatic rings. The monoisotopic (exact) mass is 697 g/mol. The van der Waals surface area contributed by atoms with Crippen molar-refractivity contribution in [2.45, 2.75) is 36.5 Å². The normalized spacial score (nSPS) is 14.4. The number of aliphatic carboxylic acids is 1. The molecule has 4 aromatic rings. The lowest BCUT2D eigenvalue weighted by molar-refractivity contribution is -0.870. The number of hydrogen-bond donors (Lipinski definition) is 2. The van der Waals surface area contributed by atoms with Crippen LogP contribution in [0.4, 0.5) is 18.9 Å². The molecule has 1 heterocycles. The summed E-state index contributed by atoms with van der Waals surface area (Å²) in [6.07, 6.45) is -4.60. The van der Waals surface area contributed by atoms with Crippen molar-refractivity contribution >= 4 is 27.6 Å². The molecule has 0 bridgehead atoms. The van der Waals surface area contributed by atoms with Gasteiger partial charge in [-0.05, 0) is 58.1 Å².